The second kappa shape index (κ2) is 6.82. The van der Waals surface area contributed by atoms with Crippen LogP contribution in [0.25, 0.3) is 5.95 Å². The number of anilines is 1. The minimum absolute atomic E-state index is 0.0366. The quantitative estimate of drug-likeness (QED) is 0.813. The summed E-state index contributed by atoms with van der Waals surface area (Å²) in [6.07, 6.45) is 11.6. The number of carbonyl (C=O) groups excluding carboxylic acids is 1. The van der Waals surface area contributed by atoms with Crippen molar-refractivity contribution in [1.29, 1.82) is 0 Å². The second-order valence-electron chi connectivity index (χ2n) is 9.62. The van der Waals surface area contributed by atoms with E-state index in [4.69, 9.17) is 0 Å². The van der Waals surface area contributed by atoms with Crippen LogP contribution in [0.1, 0.15) is 60.1 Å². The summed E-state index contributed by atoms with van der Waals surface area (Å²) in [4.78, 5) is 21.8. The van der Waals surface area contributed by atoms with Crippen LogP contribution in [0, 0.1) is 37.0 Å². The van der Waals surface area contributed by atoms with Gasteiger partial charge >= 0.3 is 0 Å². The van der Waals surface area contributed by atoms with Gasteiger partial charge in [0, 0.05) is 31.5 Å². The molecule has 2 heterocycles. The van der Waals surface area contributed by atoms with Crippen LogP contribution >= 0.6 is 0 Å². The molecule has 6 rings (SSSR count). The first-order chi connectivity index (χ1) is 13.9. The van der Waals surface area contributed by atoms with Crippen molar-refractivity contribution in [2.45, 2.75) is 52.4 Å². The molecular weight excluding hydrogens is 364 g/mol. The van der Waals surface area contributed by atoms with Gasteiger partial charge in [0.2, 0.25) is 0 Å². The molecule has 0 aromatic carbocycles. The molecule has 7 heteroatoms. The van der Waals surface area contributed by atoms with Gasteiger partial charge in [-0.2, -0.15) is 10.1 Å². The summed E-state index contributed by atoms with van der Waals surface area (Å²) in [6, 6.07) is 0. The molecule has 7 nitrogen and oxygen atoms in total. The number of carbonyl (C=O) groups is 1. The molecule has 0 saturated heterocycles. The van der Waals surface area contributed by atoms with E-state index in [0.29, 0.717) is 22.6 Å². The van der Waals surface area contributed by atoms with Gasteiger partial charge in [0.05, 0.1) is 11.3 Å². The van der Waals surface area contributed by atoms with Gasteiger partial charge in [-0.25, -0.2) is 9.67 Å². The number of rotatable bonds is 5. The number of aryl methyl sites for hydroxylation is 2. The van der Waals surface area contributed by atoms with E-state index in [0.717, 1.165) is 35.7 Å². The first-order valence-corrected chi connectivity index (χ1v) is 10.8. The maximum Gasteiger partial charge on any atom is 0.254 e. The van der Waals surface area contributed by atoms with Crippen LogP contribution in [0.4, 0.5) is 5.82 Å². The van der Waals surface area contributed by atoms with Gasteiger partial charge in [-0.15, -0.1) is 0 Å². The van der Waals surface area contributed by atoms with Crippen LogP contribution in [0.15, 0.2) is 12.4 Å². The number of hydrogen-bond acceptors (Lipinski definition) is 5. The molecule has 4 aliphatic carbocycles. The fourth-order valence-electron chi connectivity index (χ4n) is 6.45. The van der Waals surface area contributed by atoms with E-state index < -0.39 is 0 Å². The molecule has 154 valence electrons. The largest absolute Gasteiger partial charge is 0.373 e. The molecular formula is C22H30N6O. The molecule has 0 atom stereocenters. The topological polar surface area (TPSA) is 84.7 Å². The van der Waals surface area contributed by atoms with E-state index >= 15 is 0 Å². The molecule has 0 spiro atoms. The molecule has 0 aliphatic heterocycles. The fraction of sp³-hybridized carbons (Fsp3) is 0.636. The summed E-state index contributed by atoms with van der Waals surface area (Å²) in [5.74, 6) is 3.86. The summed E-state index contributed by atoms with van der Waals surface area (Å²) in [6.45, 7) is 4.61. The number of aromatic nitrogens is 4. The van der Waals surface area contributed by atoms with Gasteiger partial charge < -0.3 is 10.6 Å². The molecule has 0 unspecified atom stereocenters. The third kappa shape index (κ3) is 3.30. The number of nitrogens with one attached hydrogen (secondary N) is 2. The summed E-state index contributed by atoms with van der Waals surface area (Å²) in [7, 11) is 1.83. The third-order valence-electron chi connectivity index (χ3n) is 7.33. The molecule has 2 aromatic rings. The molecule has 1 amide bonds. The second-order valence-corrected chi connectivity index (χ2v) is 9.62. The van der Waals surface area contributed by atoms with Crippen LogP contribution in [0.2, 0.25) is 0 Å². The average molecular weight is 395 g/mol. The molecule has 4 saturated carbocycles. The average Bonchev–Trinajstić information content (AvgIpc) is 3.07. The van der Waals surface area contributed by atoms with Crippen LogP contribution in [-0.4, -0.2) is 39.2 Å². The van der Waals surface area contributed by atoms with Crippen molar-refractivity contribution < 1.29 is 4.79 Å². The zero-order chi connectivity index (χ0) is 20.2. The lowest BCUT2D eigenvalue weighted by atomic mass is 9.49. The molecule has 4 aliphatic rings. The van der Waals surface area contributed by atoms with Crippen LogP contribution < -0.4 is 10.6 Å². The van der Waals surface area contributed by atoms with Gasteiger partial charge in [-0.3, -0.25) is 4.79 Å². The van der Waals surface area contributed by atoms with E-state index in [-0.39, 0.29) is 5.91 Å². The van der Waals surface area contributed by atoms with Gasteiger partial charge in [-0.1, -0.05) is 0 Å². The lowest BCUT2D eigenvalue weighted by molar-refractivity contribution is -0.0503. The van der Waals surface area contributed by atoms with Gasteiger partial charge in [0.1, 0.15) is 5.82 Å². The Hall–Kier alpha value is -2.44. The van der Waals surface area contributed by atoms with Crippen molar-refractivity contribution >= 4 is 11.7 Å². The van der Waals surface area contributed by atoms with E-state index in [2.05, 4.69) is 25.7 Å². The fourth-order valence-corrected chi connectivity index (χ4v) is 6.45. The first kappa shape index (κ1) is 18.6. The number of hydrogen-bond donors (Lipinski definition) is 2. The SMILES string of the molecule is CNc1nc(-n2cc(C(=O)NCC34CC5CC(CC(C5)C3)C4)c(C)n2)ncc1C. The summed E-state index contributed by atoms with van der Waals surface area (Å²) in [5.41, 5.74) is 2.59. The van der Waals surface area contributed by atoms with Crippen molar-refractivity contribution in [3.8, 4) is 5.95 Å². The molecule has 0 radical (unpaired) electrons. The highest BCUT2D eigenvalue weighted by Crippen LogP contribution is 2.59. The Balaban J connectivity index is 1.31. The van der Waals surface area contributed by atoms with Crippen molar-refractivity contribution in [2.75, 3.05) is 18.9 Å². The summed E-state index contributed by atoms with van der Waals surface area (Å²) >= 11 is 0. The first-order valence-electron chi connectivity index (χ1n) is 10.8. The molecule has 2 aromatic heterocycles. The highest BCUT2D eigenvalue weighted by atomic mass is 16.1. The lowest BCUT2D eigenvalue weighted by Gasteiger charge is -2.56. The monoisotopic (exact) mass is 394 g/mol. The van der Waals surface area contributed by atoms with E-state index in [1.165, 1.54) is 38.5 Å². The summed E-state index contributed by atoms with van der Waals surface area (Å²) < 4.78 is 1.59. The van der Waals surface area contributed by atoms with Gasteiger partial charge in [0.25, 0.3) is 11.9 Å². The Labute approximate surface area is 171 Å². The van der Waals surface area contributed by atoms with E-state index in [9.17, 15) is 4.79 Å². The van der Waals surface area contributed by atoms with Crippen LogP contribution in [0.3, 0.4) is 0 Å². The Morgan fingerprint density at radius 3 is 2.45 bits per heavy atom. The van der Waals surface area contributed by atoms with Crippen molar-refractivity contribution in [1.82, 2.24) is 25.1 Å². The minimum atomic E-state index is -0.0366. The molecule has 2 N–H and O–H groups in total. The zero-order valence-corrected chi connectivity index (χ0v) is 17.5. The highest BCUT2D eigenvalue weighted by molar-refractivity contribution is 5.95. The normalized spacial score (nSPS) is 29.8. The van der Waals surface area contributed by atoms with E-state index in [1.54, 1.807) is 17.1 Å². The predicted molar refractivity (Wildman–Crippen MR) is 111 cm³/mol. The number of nitrogens with zero attached hydrogens (tertiary/aromatic N) is 4. The standard InChI is InChI=1S/C22H30N6O/c1-13-10-24-21(26-19(13)23-3)28-11-18(14(2)27-28)20(29)25-12-22-7-15-4-16(8-22)6-17(5-15)9-22/h10-11,15-17H,4-9,12H2,1-3H3,(H,25,29)(H,23,24,26). The third-order valence-corrected chi connectivity index (χ3v) is 7.33. The summed E-state index contributed by atoms with van der Waals surface area (Å²) in [5, 5.41) is 10.8. The minimum Gasteiger partial charge on any atom is -0.373 e. The Morgan fingerprint density at radius 2 is 1.83 bits per heavy atom. The van der Waals surface area contributed by atoms with E-state index in [1.807, 2.05) is 20.9 Å². The van der Waals surface area contributed by atoms with Crippen LogP contribution in [0.5, 0.6) is 0 Å². The molecule has 29 heavy (non-hydrogen) atoms. The Morgan fingerprint density at radius 1 is 1.17 bits per heavy atom. The van der Waals surface area contributed by atoms with Gasteiger partial charge in [-0.05, 0) is 75.5 Å². The Bertz CT molecular complexity index is 913. The molecule has 4 fully saturated rings. The predicted octanol–water partition coefficient (Wildman–Crippen LogP) is 3.27. The van der Waals surface area contributed by atoms with Crippen molar-refractivity contribution in [3.63, 3.8) is 0 Å². The molecule has 4 bridgehead atoms. The zero-order valence-electron chi connectivity index (χ0n) is 17.5. The van der Waals surface area contributed by atoms with Gasteiger partial charge in [0.15, 0.2) is 0 Å². The Kier molecular flexibility index (Phi) is 4.37. The van der Waals surface area contributed by atoms with Crippen LogP contribution in [-0.2, 0) is 0 Å². The smallest absolute Gasteiger partial charge is 0.254 e. The maximum atomic E-state index is 13.0. The number of amides is 1. The van der Waals surface area contributed by atoms with Crippen molar-refractivity contribution in [2.24, 2.45) is 23.2 Å². The highest BCUT2D eigenvalue weighted by Gasteiger charge is 2.50. The lowest BCUT2D eigenvalue weighted by Crippen LogP contribution is -2.51. The maximum absolute atomic E-state index is 13.0. The van der Waals surface area contributed by atoms with Crippen molar-refractivity contribution in [3.05, 3.63) is 29.2 Å².